The fourth-order valence-electron chi connectivity index (χ4n) is 13.2. The molecule has 0 aliphatic rings. The molecule has 0 amide bonds. The van der Waals surface area contributed by atoms with Gasteiger partial charge in [0.2, 0.25) is 0 Å². The van der Waals surface area contributed by atoms with E-state index in [0.717, 1.165) is 32.1 Å². The highest BCUT2D eigenvalue weighted by Crippen LogP contribution is 2.43. The van der Waals surface area contributed by atoms with Crippen molar-refractivity contribution >= 4 is 19.8 Å². The van der Waals surface area contributed by atoms with Gasteiger partial charge in [-0.05, 0) is 12.8 Å². The van der Waals surface area contributed by atoms with Gasteiger partial charge in [0.1, 0.15) is 6.61 Å². The van der Waals surface area contributed by atoms with Gasteiger partial charge in [-0.2, -0.15) is 0 Å². The van der Waals surface area contributed by atoms with E-state index in [1.165, 1.54) is 405 Å². The number of esters is 2. The van der Waals surface area contributed by atoms with Crippen LogP contribution in [0.25, 0.3) is 0 Å². The lowest BCUT2D eigenvalue weighted by Gasteiger charge is -2.19. The Labute approximate surface area is 562 Å². The Bertz CT molecular complexity index is 1430. The van der Waals surface area contributed by atoms with Crippen LogP contribution in [0, 0.1) is 0 Å². The van der Waals surface area contributed by atoms with E-state index in [4.69, 9.17) is 24.3 Å². The number of unbranched alkanes of at least 4 members (excludes halogenated alkanes) is 67. The van der Waals surface area contributed by atoms with Crippen LogP contribution in [0.5, 0.6) is 0 Å². The van der Waals surface area contributed by atoms with Gasteiger partial charge in [-0.3, -0.25) is 18.6 Å². The number of rotatable bonds is 80. The SMILES string of the molecule is CCCCCCCCCCCCCCCCCCCCCCCCCCCCCCCCCCCCCCCC(=O)OC(COC(=O)CCCCCCCCCCCCCCCCCCCCCCCCCCCCCCCCCC)COP(=O)(O)OCCN. The molecule has 10 heteroatoms. The second kappa shape index (κ2) is 77.0. The van der Waals surface area contributed by atoms with E-state index in [1.54, 1.807) is 0 Å². The topological polar surface area (TPSA) is 134 Å². The molecule has 9 nitrogen and oxygen atoms in total. The largest absolute Gasteiger partial charge is 0.472 e. The number of carbonyl (C=O) groups is 2. The molecule has 0 heterocycles. The maximum Gasteiger partial charge on any atom is 0.472 e. The highest BCUT2D eigenvalue weighted by molar-refractivity contribution is 7.47. The van der Waals surface area contributed by atoms with Crippen molar-refractivity contribution in [1.29, 1.82) is 0 Å². The standard InChI is InChI=1S/C80H160NO8P/c1-3-5-7-9-11-13-15-17-19-21-23-25-27-29-31-33-35-37-38-39-40-41-43-45-47-49-51-53-55-57-59-61-63-65-67-69-71-73-80(83)89-78(77-88-90(84,85)87-75-74-81)76-86-79(82)72-70-68-66-64-62-60-58-56-54-52-50-48-46-44-42-36-34-32-30-28-26-24-22-20-18-16-14-12-10-8-6-4-2/h78H,3-77,81H2,1-2H3,(H,84,85). The number of hydrogen-bond donors (Lipinski definition) is 2. The summed E-state index contributed by atoms with van der Waals surface area (Å²) in [6.45, 7) is 3.86. The minimum atomic E-state index is -4.39. The Morgan fingerprint density at radius 3 is 0.678 bits per heavy atom. The number of hydrogen-bond acceptors (Lipinski definition) is 8. The molecule has 0 rings (SSSR count). The van der Waals surface area contributed by atoms with Crippen LogP contribution in [-0.2, 0) is 32.7 Å². The van der Waals surface area contributed by atoms with Gasteiger partial charge < -0.3 is 20.1 Å². The van der Waals surface area contributed by atoms with E-state index in [1.807, 2.05) is 0 Å². The van der Waals surface area contributed by atoms with Gasteiger partial charge in [-0.25, -0.2) is 4.57 Å². The fraction of sp³-hybridized carbons (Fsp3) is 0.975. The molecule has 2 atom stereocenters. The van der Waals surface area contributed by atoms with Gasteiger partial charge in [-0.15, -0.1) is 0 Å². The van der Waals surface area contributed by atoms with Crippen LogP contribution in [0.1, 0.15) is 470 Å². The minimum Gasteiger partial charge on any atom is -0.462 e. The van der Waals surface area contributed by atoms with Crippen molar-refractivity contribution in [3.63, 3.8) is 0 Å². The second-order valence-electron chi connectivity index (χ2n) is 28.4. The van der Waals surface area contributed by atoms with Gasteiger partial charge in [-0.1, -0.05) is 444 Å². The summed E-state index contributed by atoms with van der Waals surface area (Å²) in [4.78, 5) is 35.5. The molecule has 0 saturated carbocycles. The highest BCUT2D eigenvalue weighted by atomic mass is 31.2. The third-order valence-electron chi connectivity index (χ3n) is 19.2. The van der Waals surface area contributed by atoms with Crippen LogP contribution >= 0.6 is 7.82 Å². The maximum atomic E-state index is 12.8. The number of carbonyl (C=O) groups excluding carboxylic acids is 2. The van der Waals surface area contributed by atoms with Crippen LogP contribution in [0.3, 0.4) is 0 Å². The summed E-state index contributed by atoms with van der Waals surface area (Å²) in [6.07, 6.45) is 94.1. The molecule has 0 bridgehead atoms. The van der Waals surface area contributed by atoms with Gasteiger partial charge >= 0.3 is 19.8 Å². The van der Waals surface area contributed by atoms with Crippen molar-refractivity contribution in [2.45, 2.75) is 476 Å². The zero-order valence-corrected chi connectivity index (χ0v) is 61.8. The molecule has 0 radical (unpaired) electrons. The summed E-state index contributed by atoms with van der Waals surface area (Å²) in [5.74, 6) is -0.794. The number of ether oxygens (including phenoxy) is 2. The molecule has 2 unspecified atom stereocenters. The Morgan fingerprint density at radius 2 is 0.478 bits per heavy atom. The number of phosphoric acid groups is 1. The predicted octanol–water partition coefficient (Wildman–Crippen LogP) is 27.3. The lowest BCUT2D eigenvalue weighted by atomic mass is 10.0. The maximum absolute atomic E-state index is 12.8. The molecule has 0 saturated heterocycles. The predicted molar refractivity (Wildman–Crippen MR) is 391 cm³/mol. The molecule has 3 N–H and O–H groups in total. The van der Waals surface area contributed by atoms with Crippen molar-refractivity contribution in [3.8, 4) is 0 Å². The molecule has 0 aliphatic heterocycles. The van der Waals surface area contributed by atoms with Crippen LogP contribution in [0.4, 0.5) is 0 Å². The zero-order chi connectivity index (χ0) is 65.1. The Balaban J connectivity index is 3.71. The first-order valence-corrected chi connectivity index (χ1v) is 42.5. The Kier molecular flexibility index (Phi) is 76.2. The van der Waals surface area contributed by atoms with Gasteiger partial charge in [0.05, 0.1) is 13.2 Å². The fourth-order valence-corrected chi connectivity index (χ4v) is 13.9. The third kappa shape index (κ3) is 76.0. The van der Waals surface area contributed by atoms with Gasteiger partial charge in [0.15, 0.2) is 6.10 Å². The van der Waals surface area contributed by atoms with Crippen molar-refractivity contribution in [2.24, 2.45) is 5.73 Å². The number of phosphoric ester groups is 1. The molecule has 0 aliphatic carbocycles. The Hall–Kier alpha value is -0.990. The summed E-state index contributed by atoms with van der Waals surface area (Å²) in [5.41, 5.74) is 5.42. The Morgan fingerprint density at radius 1 is 0.289 bits per heavy atom. The molecular weight excluding hydrogens is 1130 g/mol. The molecule has 0 aromatic rings. The molecule has 0 spiro atoms. The minimum absolute atomic E-state index is 0.0590. The summed E-state index contributed by atoms with van der Waals surface area (Å²) >= 11 is 0. The van der Waals surface area contributed by atoms with Crippen molar-refractivity contribution < 1.29 is 37.6 Å². The second-order valence-corrected chi connectivity index (χ2v) is 29.8. The van der Waals surface area contributed by atoms with Gasteiger partial charge in [0, 0.05) is 19.4 Å². The average Bonchev–Trinajstić information content (AvgIpc) is 3.75. The van der Waals surface area contributed by atoms with Crippen molar-refractivity contribution in [3.05, 3.63) is 0 Å². The highest BCUT2D eigenvalue weighted by Gasteiger charge is 2.26. The van der Waals surface area contributed by atoms with E-state index in [0.29, 0.717) is 12.8 Å². The quantitative estimate of drug-likeness (QED) is 0.0347. The van der Waals surface area contributed by atoms with Crippen LogP contribution in [-0.4, -0.2) is 49.3 Å². The summed E-state index contributed by atoms with van der Waals surface area (Å²) in [5, 5.41) is 0. The van der Waals surface area contributed by atoms with Gasteiger partial charge in [0.25, 0.3) is 0 Å². The lowest BCUT2D eigenvalue weighted by molar-refractivity contribution is -0.161. The third-order valence-corrected chi connectivity index (χ3v) is 20.2. The molecule has 90 heavy (non-hydrogen) atoms. The van der Waals surface area contributed by atoms with E-state index < -0.39 is 26.5 Å². The van der Waals surface area contributed by atoms with Crippen molar-refractivity contribution in [1.82, 2.24) is 0 Å². The first kappa shape index (κ1) is 89.0. The smallest absolute Gasteiger partial charge is 0.462 e. The molecule has 0 aromatic heterocycles. The summed E-state index contributed by atoms with van der Waals surface area (Å²) in [6, 6.07) is 0. The van der Waals surface area contributed by atoms with Crippen LogP contribution in [0.15, 0.2) is 0 Å². The van der Waals surface area contributed by atoms with Crippen LogP contribution < -0.4 is 5.73 Å². The van der Waals surface area contributed by atoms with Crippen LogP contribution in [0.2, 0.25) is 0 Å². The van der Waals surface area contributed by atoms with E-state index in [2.05, 4.69) is 13.8 Å². The summed E-state index contributed by atoms with van der Waals surface area (Å²) in [7, 11) is -4.39. The van der Waals surface area contributed by atoms with Crippen molar-refractivity contribution in [2.75, 3.05) is 26.4 Å². The molecule has 0 aromatic carbocycles. The molecule has 0 fully saturated rings. The normalized spacial score (nSPS) is 12.7. The van der Waals surface area contributed by atoms with E-state index in [9.17, 15) is 19.0 Å². The van der Waals surface area contributed by atoms with E-state index >= 15 is 0 Å². The monoisotopic (exact) mass is 1290 g/mol. The first-order chi connectivity index (χ1) is 44.3. The molecular formula is C80H160NO8P. The average molecular weight is 1300 g/mol. The zero-order valence-electron chi connectivity index (χ0n) is 60.9. The number of nitrogens with two attached hydrogens (primary N) is 1. The first-order valence-electron chi connectivity index (χ1n) is 41.0. The lowest BCUT2D eigenvalue weighted by Crippen LogP contribution is -2.29. The van der Waals surface area contributed by atoms with E-state index in [-0.39, 0.29) is 32.1 Å². The molecule has 538 valence electrons. The summed E-state index contributed by atoms with van der Waals surface area (Å²) < 4.78 is 33.3.